The summed E-state index contributed by atoms with van der Waals surface area (Å²) in [7, 11) is 0. The molecule has 0 radical (unpaired) electrons. The molecule has 0 unspecified atom stereocenters. The number of hydrogen-bond acceptors (Lipinski definition) is 4. The van der Waals surface area contributed by atoms with Crippen LogP contribution in [0.25, 0.3) is 0 Å². The maximum absolute atomic E-state index is 12.1. The number of carbonyl (C=O) groups is 3. The first-order chi connectivity index (χ1) is 11.9. The fourth-order valence-corrected chi connectivity index (χ4v) is 2.29. The van der Waals surface area contributed by atoms with Gasteiger partial charge in [-0.15, -0.1) is 0 Å². The first-order valence-corrected chi connectivity index (χ1v) is 8.04. The third-order valence-corrected chi connectivity index (χ3v) is 3.81. The van der Waals surface area contributed by atoms with Crippen molar-refractivity contribution in [1.29, 1.82) is 0 Å². The van der Waals surface area contributed by atoms with Crippen LogP contribution >= 0.6 is 11.6 Å². The smallest absolute Gasteiger partial charge is 0.325 e. The molecule has 0 bridgehead atoms. The SMILES string of the molecule is Cc1ccc(C)c(C(=O)COC(=O)CNC(=O)c2ccc(Cl)cc2)c1. The van der Waals surface area contributed by atoms with Gasteiger partial charge in [-0.05, 0) is 49.7 Å². The normalized spacial score (nSPS) is 10.2. The first kappa shape index (κ1) is 18.7. The monoisotopic (exact) mass is 359 g/mol. The number of halogens is 1. The average molecular weight is 360 g/mol. The second kappa shape index (κ2) is 8.44. The van der Waals surface area contributed by atoms with Crippen molar-refractivity contribution >= 4 is 29.3 Å². The van der Waals surface area contributed by atoms with E-state index in [1.54, 1.807) is 30.3 Å². The second-order valence-corrected chi connectivity index (χ2v) is 6.03. The van der Waals surface area contributed by atoms with E-state index in [9.17, 15) is 14.4 Å². The fraction of sp³-hybridized carbons (Fsp3) is 0.211. The van der Waals surface area contributed by atoms with Gasteiger partial charge < -0.3 is 10.1 Å². The van der Waals surface area contributed by atoms with Gasteiger partial charge in [-0.2, -0.15) is 0 Å². The molecule has 2 aromatic carbocycles. The van der Waals surface area contributed by atoms with Crippen LogP contribution in [0.1, 0.15) is 31.8 Å². The fourth-order valence-electron chi connectivity index (χ4n) is 2.17. The van der Waals surface area contributed by atoms with Crippen LogP contribution in [0, 0.1) is 13.8 Å². The summed E-state index contributed by atoms with van der Waals surface area (Å²) < 4.78 is 4.93. The molecule has 0 heterocycles. The number of hydrogen-bond donors (Lipinski definition) is 1. The molecule has 5 nitrogen and oxygen atoms in total. The van der Waals surface area contributed by atoms with Crippen molar-refractivity contribution in [2.24, 2.45) is 0 Å². The van der Waals surface area contributed by atoms with E-state index in [1.165, 1.54) is 0 Å². The highest BCUT2D eigenvalue weighted by atomic mass is 35.5. The summed E-state index contributed by atoms with van der Waals surface area (Å²) in [4.78, 5) is 35.7. The zero-order valence-corrected chi connectivity index (χ0v) is 14.7. The number of amides is 1. The van der Waals surface area contributed by atoms with Gasteiger partial charge in [-0.25, -0.2) is 0 Å². The molecule has 0 spiro atoms. The molecule has 1 N–H and O–H groups in total. The summed E-state index contributed by atoms with van der Waals surface area (Å²) in [5.74, 6) is -1.38. The Hall–Kier alpha value is -2.66. The van der Waals surface area contributed by atoms with Crippen LogP contribution in [0.3, 0.4) is 0 Å². The Labute approximate surface area is 150 Å². The summed E-state index contributed by atoms with van der Waals surface area (Å²) in [6, 6.07) is 11.8. The Balaban J connectivity index is 1.82. The van der Waals surface area contributed by atoms with Gasteiger partial charge >= 0.3 is 5.97 Å². The zero-order chi connectivity index (χ0) is 18.4. The van der Waals surface area contributed by atoms with Gasteiger partial charge in [0.05, 0.1) is 0 Å². The van der Waals surface area contributed by atoms with Crippen LogP contribution < -0.4 is 5.32 Å². The lowest BCUT2D eigenvalue weighted by Gasteiger charge is -2.08. The number of Topliss-reactive ketones (excluding diaryl/α,β-unsaturated/α-hetero) is 1. The van der Waals surface area contributed by atoms with Crippen LogP contribution in [0.5, 0.6) is 0 Å². The molecular formula is C19H18ClNO4. The van der Waals surface area contributed by atoms with Crippen molar-refractivity contribution in [3.8, 4) is 0 Å². The molecule has 1 amide bonds. The Morgan fingerprint density at radius 2 is 1.72 bits per heavy atom. The summed E-state index contributed by atoms with van der Waals surface area (Å²) >= 11 is 5.75. The zero-order valence-electron chi connectivity index (χ0n) is 14.0. The van der Waals surface area contributed by atoms with E-state index in [1.807, 2.05) is 26.0 Å². The molecule has 0 aliphatic carbocycles. The minimum absolute atomic E-state index is 0.279. The highest BCUT2D eigenvalue weighted by molar-refractivity contribution is 6.30. The third kappa shape index (κ3) is 5.43. The van der Waals surface area contributed by atoms with Gasteiger partial charge in [-0.1, -0.05) is 29.3 Å². The molecule has 130 valence electrons. The van der Waals surface area contributed by atoms with Gasteiger partial charge in [-0.3, -0.25) is 14.4 Å². The van der Waals surface area contributed by atoms with E-state index in [-0.39, 0.29) is 18.9 Å². The molecule has 0 aliphatic rings. The lowest BCUT2D eigenvalue weighted by molar-refractivity contribution is -0.141. The Bertz CT molecular complexity index is 800. The number of aryl methyl sites for hydroxylation is 2. The van der Waals surface area contributed by atoms with Gasteiger partial charge in [0.25, 0.3) is 5.91 Å². The van der Waals surface area contributed by atoms with Crippen LogP contribution in [-0.4, -0.2) is 30.8 Å². The number of carbonyl (C=O) groups excluding carboxylic acids is 3. The third-order valence-electron chi connectivity index (χ3n) is 3.56. The van der Waals surface area contributed by atoms with Crippen LogP contribution in [-0.2, 0) is 9.53 Å². The molecule has 0 aliphatic heterocycles. The van der Waals surface area contributed by atoms with Gasteiger partial charge in [0, 0.05) is 16.1 Å². The van der Waals surface area contributed by atoms with Crippen LogP contribution in [0.4, 0.5) is 0 Å². The topological polar surface area (TPSA) is 72.5 Å². The van der Waals surface area contributed by atoms with Gasteiger partial charge in [0.2, 0.25) is 5.78 Å². The maximum Gasteiger partial charge on any atom is 0.325 e. The Morgan fingerprint density at radius 1 is 1.04 bits per heavy atom. The lowest BCUT2D eigenvalue weighted by atomic mass is 10.0. The standard InChI is InChI=1S/C19H18ClNO4/c1-12-3-4-13(2)16(9-12)17(22)11-25-18(23)10-21-19(24)14-5-7-15(20)8-6-14/h3-9H,10-11H2,1-2H3,(H,21,24). The molecule has 25 heavy (non-hydrogen) atoms. The molecule has 2 aromatic rings. The van der Waals surface area contributed by atoms with Crippen LogP contribution in [0.2, 0.25) is 5.02 Å². The quantitative estimate of drug-likeness (QED) is 0.635. The number of benzene rings is 2. The number of ketones is 1. The van der Waals surface area contributed by atoms with Gasteiger partial charge in [0.1, 0.15) is 6.54 Å². The predicted molar refractivity (Wildman–Crippen MR) is 95.0 cm³/mol. The number of esters is 1. The maximum atomic E-state index is 12.1. The number of rotatable bonds is 6. The van der Waals surface area contributed by atoms with Crippen molar-refractivity contribution in [2.75, 3.05) is 13.2 Å². The molecule has 2 rings (SSSR count). The summed E-state index contributed by atoms with van der Waals surface area (Å²) in [6.45, 7) is 3.02. The first-order valence-electron chi connectivity index (χ1n) is 7.66. The summed E-state index contributed by atoms with van der Waals surface area (Å²) in [6.07, 6.45) is 0. The molecule has 0 saturated heterocycles. The molecule has 6 heteroatoms. The van der Waals surface area contributed by atoms with E-state index in [0.29, 0.717) is 16.1 Å². The number of nitrogens with one attached hydrogen (secondary N) is 1. The second-order valence-electron chi connectivity index (χ2n) is 5.59. The van der Waals surface area contributed by atoms with E-state index in [0.717, 1.165) is 11.1 Å². The van der Waals surface area contributed by atoms with E-state index >= 15 is 0 Å². The summed E-state index contributed by atoms with van der Waals surface area (Å²) in [5.41, 5.74) is 2.68. The summed E-state index contributed by atoms with van der Waals surface area (Å²) in [5, 5.41) is 2.95. The highest BCUT2D eigenvalue weighted by Gasteiger charge is 2.13. The van der Waals surface area contributed by atoms with Crippen molar-refractivity contribution in [2.45, 2.75) is 13.8 Å². The Morgan fingerprint density at radius 3 is 2.40 bits per heavy atom. The van der Waals surface area contributed by atoms with E-state index in [2.05, 4.69) is 5.32 Å². The minimum Gasteiger partial charge on any atom is -0.456 e. The van der Waals surface area contributed by atoms with Crippen molar-refractivity contribution in [3.63, 3.8) is 0 Å². The van der Waals surface area contributed by atoms with Crippen molar-refractivity contribution in [3.05, 3.63) is 69.7 Å². The average Bonchev–Trinajstić information content (AvgIpc) is 2.60. The molecular weight excluding hydrogens is 342 g/mol. The van der Waals surface area contributed by atoms with Crippen molar-refractivity contribution in [1.82, 2.24) is 5.32 Å². The van der Waals surface area contributed by atoms with E-state index < -0.39 is 11.9 Å². The van der Waals surface area contributed by atoms with Gasteiger partial charge in [0.15, 0.2) is 6.61 Å². The largest absolute Gasteiger partial charge is 0.456 e. The number of ether oxygens (including phenoxy) is 1. The lowest BCUT2D eigenvalue weighted by Crippen LogP contribution is -2.31. The molecule has 0 fully saturated rings. The molecule has 0 aromatic heterocycles. The predicted octanol–water partition coefficient (Wildman–Crippen LogP) is 3.11. The van der Waals surface area contributed by atoms with E-state index in [4.69, 9.17) is 16.3 Å². The molecule has 0 atom stereocenters. The highest BCUT2D eigenvalue weighted by Crippen LogP contribution is 2.12. The van der Waals surface area contributed by atoms with Crippen LogP contribution in [0.15, 0.2) is 42.5 Å². The Kier molecular flexibility index (Phi) is 6.31. The minimum atomic E-state index is -0.680. The molecule has 0 saturated carbocycles. The van der Waals surface area contributed by atoms with Crippen molar-refractivity contribution < 1.29 is 19.1 Å².